The summed E-state index contributed by atoms with van der Waals surface area (Å²) in [5, 5.41) is 0. The molecule has 38 heavy (non-hydrogen) atoms. The van der Waals surface area contributed by atoms with Gasteiger partial charge in [0.25, 0.3) is 0 Å². The van der Waals surface area contributed by atoms with Crippen LogP contribution < -0.4 is 43.1 Å². The van der Waals surface area contributed by atoms with Crippen LogP contribution in [0.15, 0.2) is 49.1 Å². The third-order valence-corrected chi connectivity index (χ3v) is 6.82. The van der Waals surface area contributed by atoms with E-state index >= 15 is 0 Å². The number of hydrogen-bond acceptors (Lipinski definition) is 2. The van der Waals surface area contributed by atoms with Crippen LogP contribution in [0.5, 0.6) is 0 Å². The molecule has 0 aromatic carbocycles. The number of aryl methyl sites for hydroxylation is 2. The van der Waals surface area contributed by atoms with Gasteiger partial charge >= 0.3 is 0 Å². The molecule has 0 saturated heterocycles. The molecule has 0 aliphatic carbocycles. The van der Waals surface area contributed by atoms with E-state index in [4.69, 9.17) is 9.47 Å². The Kier molecular flexibility index (Phi) is 25.8. The van der Waals surface area contributed by atoms with Gasteiger partial charge in [-0.2, -0.15) is 0 Å². The molecule has 6 heteroatoms. The monoisotopic (exact) mass is 656 g/mol. The zero-order valence-electron chi connectivity index (χ0n) is 24.2. The molecule has 2 aromatic rings. The lowest BCUT2D eigenvalue weighted by atomic mass is 10.1. The fraction of sp³-hybridized carbons (Fsp3) is 0.688. The number of rotatable bonds is 23. The van der Waals surface area contributed by atoms with Gasteiger partial charge in [-0.3, -0.25) is 0 Å². The van der Waals surface area contributed by atoms with Gasteiger partial charge in [0, 0.05) is 50.3 Å². The lowest BCUT2D eigenvalue weighted by Crippen LogP contribution is -3.00. The second-order valence-corrected chi connectivity index (χ2v) is 10.2. The molecule has 2 heterocycles. The maximum atomic E-state index is 5.87. The lowest BCUT2D eigenvalue weighted by Gasteiger charge is -2.06. The predicted octanol–water partition coefficient (Wildman–Crippen LogP) is 1.50. The molecule has 0 radical (unpaired) electrons. The van der Waals surface area contributed by atoms with Crippen molar-refractivity contribution < 1.29 is 52.6 Å². The number of unbranched alkanes of at least 4 members (excludes halogenated alkanes) is 11. The Morgan fingerprint density at radius 2 is 0.816 bits per heavy atom. The van der Waals surface area contributed by atoms with Gasteiger partial charge < -0.3 is 43.4 Å². The predicted molar refractivity (Wildman–Crippen MR) is 149 cm³/mol. The van der Waals surface area contributed by atoms with Crippen molar-refractivity contribution in [2.75, 3.05) is 13.2 Å². The summed E-state index contributed by atoms with van der Waals surface area (Å²) in [7, 11) is 0. The Morgan fingerprint density at radius 1 is 0.474 bits per heavy atom. The van der Waals surface area contributed by atoms with Gasteiger partial charge in [0.05, 0.1) is 13.2 Å². The van der Waals surface area contributed by atoms with E-state index in [1.54, 1.807) is 0 Å². The van der Waals surface area contributed by atoms with Crippen molar-refractivity contribution >= 4 is 0 Å². The van der Waals surface area contributed by atoms with E-state index < -0.39 is 0 Å². The van der Waals surface area contributed by atoms with E-state index in [0.717, 1.165) is 39.1 Å². The quantitative estimate of drug-likeness (QED) is 0.134. The zero-order valence-corrected chi connectivity index (χ0v) is 27.4. The SMILES string of the molecule is CCCCCCCC[n+]1ccc(COCCCCOCc2cc[n+](CCCCCCCC)cc2)cc1.[Br-].[Br-]. The van der Waals surface area contributed by atoms with Gasteiger partial charge in [0.1, 0.15) is 13.1 Å². The first kappa shape index (κ1) is 37.2. The van der Waals surface area contributed by atoms with Gasteiger partial charge in [-0.15, -0.1) is 0 Å². The molecule has 0 aliphatic heterocycles. The van der Waals surface area contributed by atoms with Crippen molar-refractivity contribution in [1.82, 2.24) is 0 Å². The third kappa shape index (κ3) is 19.3. The van der Waals surface area contributed by atoms with E-state index in [-0.39, 0.29) is 34.0 Å². The summed E-state index contributed by atoms with van der Waals surface area (Å²) in [4.78, 5) is 0. The van der Waals surface area contributed by atoms with Crippen molar-refractivity contribution in [1.29, 1.82) is 0 Å². The molecule has 2 aromatic heterocycles. The minimum Gasteiger partial charge on any atom is -1.00 e. The molecule has 218 valence electrons. The lowest BCUT2D eigenvalue weighted by molar-refractivity contribution is -0.697. The Hall–Kier alpha value is -0.820. The highest BCUT2D eigenvalue weighted by atomic mass is 79.9. The van der Waals surface area contributed by atoms with Crippen LogP contribution in [-0.2, 0) is 35.8 Å². The largest absolute Gasteiger partial charge is 1.00 e. The standard InChI is InChI=1S/C32H54N2O2.2BrH/c1-3-5-7-9-11-13-21-33-23-17-31(18-24-33)29-35-27-15-16-28-36-30-32-19-25-34(26-20-32)22-14-12-10-8-6-4-2;;/h17-20,23-26H,3-16,21-22,27-30H2,1-2H3;2*1H/q+2;;/p-2. The second-order valence-electron chi connectivity index (χ2n) is 10.2. The first-order valence-corrected chi connectivity index (χ1v) is 14.9. The van der Waals surface area contributed by atoms with E-state index in [1.807, 2.05) is 0 Å². The Balaban J connectivity index is 0.00000684. The maximum absolute atomic E-state index is 5.87. The van der Waals surface area contributed by atoms with Crippen LogP contribution in [0, 0.1) is 0 Å². The molecule has 0 atom stereocenters. The van der Waals surface area contributed by atoms with Crippen LogP contribution in [0.1, 0.15) is 115 Å². The van der Waals surface area contributed by atoms with Crippen molar-refractivity contribution in [3.63, 3.8) is 0 Å². The van der Waals surface area contributed by atoms with Crippen molar-refractivity contribution in [3.05, 3.63) is 60.2 Å². The third-order valence-electron chi connectivity index (χ3n) is 6.82. The topological polar surface area (TPSA) is 26.2 Å². The van der Waals surface area contributed by atoms with Gasteiger partial charge in [0.2, 0.25) is 0 Å². The minimum atomic E-state index is 0. The van der Waals surface area contributed by atoms with Gasteiger partial charge in [-0.05, 0) is 36.8 Å². The fourth-order valence-electron chi connectivity index (χ4n) is 4.40. The molecule has 0 saturated carbocycles. The van der Waals surface area contributed by atoms with Crippen molar-refractivity contribution in [2.45, 2.75) is 130 Å². The maximum Gasteiger partial charge on any atom is 0.169 e. The van der Waals surface area contributed by atoms with Crippen LogP contribution >= 0.6 is 0 Å². The van der Waals surface area contributed by atoms with E-state index in [2.05, 4.69) is 72.0 Å². The number of halogens is 2. The second kappa shape index (κ2) is 26.4. The van der Waals surface area contributed by atoms with E-state index in [1.165, 1.54) is 88.2 Å². The van der Waals surface area contributed by atoms with Gasteiger partial charge in [0.15, 0.2) is 24.8 Å². The van der Waals surface area contributed by atoms with Crippen LogP contribution in [0.2, 0.25) is 0 Å². The fourth-order valence-corrected chi connectivity index (χ4v) is 4.40. The average molecular weight is 659 g/mol. The Morgan fingerprint density at radius 3 is 1.18 bits per heavy atom. The van der Waals surface area contributed by atoms with Crippen LogP contribution in [0.3, 0.4) is 0 Å². The number of ether oxygens (including phenoxy) is 2. The van der Waals surface area contributed by atoms with E-state index in [0.29, 0.717) is 13.2 Å². The highest BCUT2D eigenvalue weighted by molar-refractivity contribution is 5.06. The molecule has 2 rings (SSSR count). The number of aromatic nitrogens is 2. The number of hydrogen-bond donors (Lipinski definition) is 0. The van der Waals surface area contributed by atoms with Crippen molar-refractivity contribution in [3.8, 4) is 0 Å². The zero-order chi connectivity index (χ0) is 25.5. The molecule has 0 fully saturated rings. The molecule has 4 nitrogen and oxygen atoms in total. The van der Waals surface area contributed by atoms with E-state index in [9.17, 15) is 0 Å². The summed E-state index contributed by atoms with van der Waals surface area (Å²) in [5.74, 6) is 0. The molecule has 0 spiro atoms. The Bertz CT molecular complexity index is 692. The summed E-state index contributed by atoms with van der Waals surface area (Å²) in [6, 6.07) is 8.77. The van der Waals surface area contributed by atoms with Crippen LogP contribution in [-0.4, -0.2) is 13.2 Å². The summed E-state index contributed by atoms with van der Waals surface area (Å²) < 4.78 is 16.3. The molecule has 0 N–H and O–H groups in total. The molecular weight excluding hydrogens is 604 g/mol. The average Bonchev–Trinajstić information content (AvgIpc) is 2.91. The Labute approximate surface area is 255 Å². The van der Waals surface area contributed by atoms with Gasteiger partial charge in [-0.1, -0.05) is 65.2 Å². The molecule has 0 aliphatic rings. The van der Waals surface area contributed by atoms with Crippen molar-refractivity contribution in [2.24, 2.45) is 0 Å². The molecule has 0 unspecified atom stereocenters. The smallest absolute Gasteiger partial charge is 0.169 e. The highest BCUT2D eigenvalue weighted by Crippen LogP contribution is 2.07. The minimum absolute atomic E-state index is 0. The summed E-state index contributed by atoms with van der Waals surface area (Å²) in [5.41, 5.74) is 2.51. The molecule has 0 bridgehead atoms. The number of pyridine rings is 2. The summed E-state index contributed by atoms with van der Waals surface area (Å²) >= 11 is 0. The number of nitrogens with zero attached hydrogens (tertiary/aromatic N) is 2. The molecule has 0 amide bonds. The van der Waals surface area contributed by atoms with Gasteiger partial charge in [-0.25, -0.2) is 9.13 Å². The normalized spacial score (nSPS) is 10.7. The molecular formula is C32H54Br2N2O2. The first-order valence-electron chi connectivity index (χ1n) is 14.9. The summed E-state index contributed by atoms with van der Waals surface area (Å²) in [6.07, 6.45) is 27.0. The first-order chi connectivity index (χ1) is 17.8. The highest BCUT2D eigenvalue weighted by Gasteiger charge is 2.03. The summed E-state index contributed by atoms with van der Waals surface area (Å²) in [6.45, 7) is 9.76. The van der Waals surface area contributed by atoms with Crippen LogP contribution in [0.4, 0.5) is 0 Å². The van der Waals surface area contributed by atoms with Crippen LogP contribution in [0.25, 0.3) is 0 Å².